The van der Waals surface area contributed by atoms with Crippen LogP contribution in [0.2, 0.25) is 0 Å². The van der Waals surface area contributed by atoms with Gasteiger partial charge in [-0.3, -0.25) is 35.0 Å². The van der Waals surface area contributed by atoms with Crippen molar-refractivity contribution in [1.82, 2.24) is 5.06 Å². The first kappa shape index (κ1) is 13.6. The van der Waals surface area contributed by atoms with Crippen molar-refractivity contribution in [3.8, 4) is 0 Å². The van der Waals surface area contributed by atoms with E-state index in [1.54, 1.807) is 0 Å². The summed E-state index contributed by atoms with van der Waals surface area (Å²) in [5, 5.41) is 30.9. The van der Waals surface area contributed by atoms with Gasteiger partial charge in [0.25, 0.3) is 23.2 Å². The summed E-state index contributed by atoms with van der Waals surface area (Å²) in [6, 6.07) is 3.95. The second-order valence-electron chi connectivity index (χ2n) is 4.45. The van der Waals surface area contributed by atoms with E-state index in [9.17, 15) is 35.0 Å². The van der Waals surface area contributed by atoms with Crippen LogP contribution in [0, 0.1) is 20.2 Å². The lowest BCUT2D eigenvalue weighted by Crippen LogP contribution is -2.37. The Morgan fingerprint density at radius 3 is 1.59 bits per heavy atom. The minimum atomic E-state index is -1.10. The van der Waals surface area contributed by atoms with Gasteiger partial charge in [-0.2, -0.15) is 0 Å². The minimum Gasteiger partial charge on any atom is -0.278 e. The van der Waals surface area contributed by atoms with E-state index >= 15 is 0 Å². The molecule has 2 amide bonds. The Bertz CT molecular complexity index is 836. The van der Waals surface area contributed by atoms with Crippen LogP contribution < -0.4 is 0 Å². The summed E-state index contributed by atoms with van der Waals surface area (Å²) < 4.78 is 0. The predicted octanol–water partition coefficient (Wildman–Crippen LogP) is 1.64. The van der Waals surface area contributed by atoms with E-state index in [-0.39, 0.29) is 21.6 Å². The lowest BCUT2D eigenvalue weighted by atomic mass is 9.93. The van der Waals surface area contributed by atoms with Crippen LogP contribution >= 0.6 is 0 Å². The van der Waals surface area contributed by atoms with Gasteiger partial charge in [-0.25, -0.2) is 0 Å². The standard InChI is InChI=1S/C12H5N3O7/c16-11-5-1-3-7(14(19)20)10-8(15(21)22)4-2-6(9(5)10)12(17)13(11)18/h1-4,18H. The summed E-state index contributed by atoms with van der Waals surface area (Å²) in [4.78, 5) is 44.3. The molecular weight excluding hydrogens is 298 g/mol. The van der Waals surface area contributed by atoms with Gasteiger partial charge < -0.3 is 0 Å². The third-order valence-corrected chi connectivity index (χ3v) is 3.36. The van der Waals surface area contributed by atoms with Gasteiger partial charge in [0.15, 0.2) is 0 Å². The highest BCUT2D eigenvalue weighted by atomic mass is 16.6. The summed E-state index contributed by atoms with van der Waals surface area (Å²) in [6.45, 7) is 0. The van der Waals surface area contributed by atoms with Crippen molar-refractivity contribution in [2.75, 3.05) is 0 Å². The molecule has 10 heteroatoms. The van der Waals surface area contributed by atoms with Crippen LogP contribution in [-0.4, -0.2) is 31.9 Å². The zero-order valence-corrected chi connectivity index (χ0v) is 10.5. The molecule has 2 aromatic carbocycles. The monoisotopic (exact) mass is 303 g/mol. The summed E-state index contributed by atoms with van der Waals surface area (Å²) in [6.07, 6.45) is 0. The zero-order chi connectivity index (χ0) is 16.2. The number of nitro groups is 2. The van der Waals surface area contributed by atoms with Crippen LogP contribution in [0.1, 0.15) is 20.7 Å². The van der Waals surface area contributed by atoms with Crippen molar-refractivity contribution in [2.24, 2.45) is 0 Å². The Kier molecular flexibility index (Phi) is 2.65. The molecule has 1 heterocycles. The molecule has 1 aliphatic rings. The van der Waals surface area contributed by atoms with Gasteiger partial charge in [0, 0.05) is 17.5 Å². The van der Waals surface area contributed by atoms with Crippen LogP contribution in [0.25, 0.3) is 10.8 Å². The number of hydrogen-bond acceptors (Lipinski definition) is 7. The summed E-state index contributed by atoms with van der Waals surface area (Å²) in [5.41, 5.74) is -1.64. The smallest absolute Gasteiger partial charge is 0.278 e. The topological polar surface area (TPSA) is 144 Å². The molecule has 0 bridgehead atoms. The van der Waals surface area contributed by atoms with Gasteiger partial charge in [-0.05, 0) is 12.1 Å². The summed E-state index contributed by atoms with van der Waals surface area (Å²) >= 11 is 0. The molecule has 0 aliphatic carbocycles. The van der Waals surface area contributed by atoms with Gasteiger partial charge in [-0.15, -0.1) is 5.06 Å². The number of hydrogen-bond donors (Lipinski definition) is 1. The quantitative estimate of drug-likeness (QED) is 0.384. The van der Waals surface area contributed by atoms with Crippen molar-refractivity contribution in [2.45, 2.75) is 0 Å². The average molecular weight is 303 g/mol. The second-order valence-corrected chi connectivity index (χ2v) is 4.45. The van der Waals surface area contributed by atoms with Crippen LogP contribution in [0.15, 0.2) is 24.3 Å². The second kappa shape index (κ2) is 4.30. The fourth-order valence-corrected chi connectivity index (χ4v) is 2.44. The first-order valence-corrected chi connectivity index (χ1v) is 5.80. The molecule has 110 valence electrons. The SMILES string of the molecule is O=C1c2ccc([N+](=O)[O-])c3c([N+](=O)[O-])ccc(c23)C(=O)N1O. The molecule has 0 spiro atoms. The van der Waals surface area contributed by atoms with Gasteiger partial charge in [-0.1, -0.05) is 0 Å². The third kappa shape index (κ3) is 1.58. The first-order valence-electron chi connectivity index (χ1n) is 5.80. The molecule has 2 aromatic rings. The van der Waals surface area contributed by atoms with E-state index in [2.05, 4.69) is 0 Å². The molecule has 0 aromatic heterocycles. The molecule has 0 fully saturated rings. The van der Waals surface area contributed by atoms with Crippen LogP contribution in [0.4, 0.5) is 11.4 Å². The normalized spacial score (nSPS) is 13.6. The highest BCUT2D eigenvalue weighted by Crippen LogP contribution is 2.40. The number of nitro benzene ring substituents is 2. The Morgan fingerprint density at radius 1 is 0.818 bits per heavy atom. The lowest BCUT2D eigenvalue weighted by Gasteiger charge is -2.21. The van der Waals surface area contributed by atoms with Crippen molar-refractivity contribution < 1.29 is 24.6 Å². The Labute approximate surface area is 120 Å². The van der Waals surface area contributed by atoms with E-state index in [4.69, 9.17) is 0 Å². The number of carbonyl (C=O) groups is 2. The number of non-ortho nitro benzene ring substituents is 2. The fourth-order valence-electron chi connectivity index (χ4n) is 2.44. The van der Waals surface area contributed by atoms with Crippen LogP contribution in [0.3, 0.4) is 0 Å². The van der Waals surface area contributed by atoms with Gasteiger partial charge >= 0.3 is 0 Å². The number of nitrogens with zero attached hydrogens (tertiary/aromatic N) is 3. The largest absolute Gasteiger partial charge is 0.285 e. The van der Waals surface area contributed by atoms with E-state index < -0.39 is 38.4 Å². The number of amides is 2. The first-order chi connectivity index (χ1) is 10.3. The van der Waals surface area contributed by atoms with Gasteiger partial charge in [0.1, 0.15) is 5.39 Å². The number of hydroxylamine groups is 2. The summed E-state index contributed by atoms with van der Waals surface area (Å²) in [5.74, 6) is -2.20. The minimum absolute atomic E-state index is 0.130. The van der Waals surface area contributed by atoms with Crippen molar-refractivity contribution in [1.29, 1.82) is 0 Å². The molecular formula is C12H5N3O7. The highest BCUT2D eigenvalue weighted by molar-refractivity contribution is 6.27. The van der Waals surface area contributed by atoms with Crippen molar-refractivity contribution in [3.05, 3.63) is 55.6 Å². The molecule has 22 heavy (non-hydrogen) atoms. The maximum atomic E-state index is 11.9. The molecule has 10 nitrogen and oxygen atoms in total. The average Bonchev–Trinajstić information content (AvgIpc) is 2.48. The maximum absolute atomic E-state index is 11.9. The van der Waals surface area contributed by atoms with Crippen molar-refractivity contribution >= 4 is 34.0 Å². The van der Waals surface area contributed by atoms with E-state index in [1.807, 2.05) is 0 Å². The molecule has 0 unspecified atom stereocenters. The van der Waals surface area contributed by atoms with Crippen LogP contribution in [0.5, 0.6) is 0 Å². The number of rotatable bonds is 2. The third-order valence-electron chi connectivity index (χ3n) is 3.36. The highest BCUT2D eigenvalue weighted by Gasteiger charge is 2.37. The Hall–Kier alpha value is -3.40. The number of carbonyl (C=O) groups excluding carboxylic acids is 2. The zero-order valence-electron chi connectivity index (χ0n) is 10.5. The molecule has 0 radical (unpaired) electrons. The lowest BCUT2D eigenvalue weighted by molar-refractivity contribution is -0.390. The maximum Gasteiger partial charge on any atom is 0.285 e. The van der Waals surface area contributed by atoms with E-state index in [0.29, 0.717) is 0 Å². The van der Waals surface area contributed by atoms with Gasteiger partial charge in [0.05, 0.1) is 21.0 Å². The fraction of sp³-hybridized carbons (Fsp3) is 0. The summed E-state index contributed by atoms with van der Waals surface area (Å²) in [7, 11) is 0. The molecule has 0 atom stereocenters. The van der Waals surface area contributed by atoms with E-state index in [1.165, 1.54) is 0 Å². The Morgan fingerprint density at radius 2 is 1.23 bits per heavy atom. The van der Waals surface area contributed by atoms with Crippen LogP contribution in [-0.2, 0) is 0 Å². The number of benzene rings is 2. The molecule has 1 aliphatic heterocycles. The van der Waals surface area contributed by atoms with E-state index in [0.717, 1.165) is 24.3 Å². The molecule has 3 rings (SSSR count). The molecule has 0 saturated carbocycles. The Balaban J connectivity index is 2.59. The van der Waals surface area contributed by atoms with Gasteiger partial charge in [0.2, 0.25) is 0 Å². The van der Waals surface area contributed by atoms with Crippen molar-refractivity contribution in [3.63, 3.8) is 0 Å². The molecule has 1 N–H and O–H groups in total. The number of imide groups is 1. The molecule has 0 saturated heterocycles. The predicted molar refractivity (Wildman–Crippen MR) is 69.5 cm³/mol.